The van der Waals surface area contributed by atoms with Gasteiger partial charge in [-0.25, -0.2) is 4.39 Å². The maximum atomic E-state index is 14.4. The number of aldehydes is 1. The van der Waals surface area contributed by atoms with Crippen LogP contribution in [0.4, 0.5) is 30.7 Å². The molecule has 0 aliphatic heterocycles. The Kier molecular flexibility index (Phi) is 5.38. The van der Waals surface area contributed by atoms with Crippen molar-refractivity contribution in [2.75, 3.05) is 0 Å². The van der Waals surface area contributed by atoms with Gasteiger partial charge in [0.1, 0.15) is 12.1 Å². The number of aryl methyl sites for hydroxylation is 1. The molecule has 0 amide bonds. The van der Waals surface area contributed by atoms with E-state index in [4.69, 9.17) is 0 Å². The van der Waals surface area contributed by atoms with Crippen molar-refractivity contribution in [2.45, 2.75) is 31.3 Å². The van der Waals surface area contributed by atoms with Gasteiger partial charge < -0.3 is 5.11 Å². The van der Waals surface area contributed by atoms with Gasteiger partial charge in [0.25, 0.3) is 5.60 Å². The van der Waals surface area contributed by atoms with E-state index in [1.165, 1.54) is 18.2 Å². The van der Waals surface area contributed by atoms with E-state index >= 15 is 0 Å². The molecule has 0 radical (unpaired) electrons. The highest BCUT2D eigenvalue weighted by Gasteiger charge is 2.71. The van der Waals surface area contributed by atoms with Gasteiger partial charge in [-0.3, -0.25) is 4.79 Å². The number of benzene rings is 2. The zero-order valence-corrected chi connectivity index (χ0v) is 13.7. The molecule has 0 heterocycles. The number of hydrogen-bond donors (Lipinski definition) is 1. The van der Waals surface area contributed by atoms with Gasteiger partial charge in [0.05, 0.1) is 0 Å². The molecular weight excluding hydrogens is 381 g/mol. The summed E-state index contributed by atoms with van der Waals surface area (Å²) in [6.45, 7) is 1.69. The summed E-state index contributed by atoms with van der Waals surface area (Å²) in [7, 11) is 0. The lowest BCUT2D eigenvalue weighted by Crippen LogP contribution is -2.53. The molecule has 0 bridgehead atoms. The highest BCUT2D eigenvalue weighted by atomic mass is 19.4. The van der Waals surface area contributed by atoms with Crippen molar-refractivity contribution in [3.05, 3.63) is 58.9 Å². The van der Waals surface area contributed by atoms with Crippen molar-refractivity contribution < 1.29 is 40.6 Å². The van der Waals surface area contributed by atoms with Crippen LogP contribution in [0.3, 0.4) is 0 Å². The smallest absolute Gasteiger partial charge is 0.369 e. The van der Waals surface area contributed by atoms with Gasteiger partial charge in [-0.05, 0) is 29.7 Å². The molecule has 0 spiro atoms. The molecule has 0 saturated heterocycles. The Bertz CT molecular complexity index is 840. The summed E-state index contributed by atoms with van der Waals surface area (Å²) in [5.74, 6) is -1.37. The van der Waals surface area contributed by atoms with E-state index in [1.807, 2.05) is 0 Å². The fraction of sp³-hybridized carbons (Fsp3) is 0.278. The minimum absolute atomic E-state index is 0.0173. The summed E-state index contributed by atoms with van der Waals surface area (Å²) in [6, 6.07) is 5.27. The molecule has 0 saturated carbocycles. The first-order valence-corrected chi connectivity index (χ1v) is 7.61. The standard InChI is InChI=1S/C18H13F7O2/c1-2-11-7-10(9-26)3-5-13(11)14-6-4-12(8-15(14)19)16(27,17(20,21)22)18(23,24)25/h3-9,27H,2H2,1H3. The van der Waals surface area contributed by atoms with Crippen molar-refractivity contribution in [1.29, 1.82) is 0 Å². The Balaban J connectivity index is 2.64. The predicted octanol–water partition coefficient (Wildman–Crippen LogP) is 5.18. The second kappa shape index (κ2) is 6.95. The van der Waals surface area contributed by atoms with E-state index in [9.17, 15) is 40.6 Å². The quantitative estimate of drug-likeness (QED) is 0.573. The molecule has 1 N–H and O–H groups in total. The van der Waals surface area contributed by atoms with Crippen LogP contribution in [0.25, 0.3) is 11.1 Å². The van der Waals surface area contributed by atoms with Crippen molar-refractivity contribution >= 4 is 6.29 Å². The monoisotopic (exact) mass is 394 g/mol. The van der Waals surface area contributed by atoms with Gasteiger partial charge >= 0.3 is 12.4 Å². The first kappa shape index (κ1) is 20.9. The fourth-order valence-electron chi connectivity index (χ4n) is 2.69. The number of carbonyl (C=O) groups excluding carboxylic acids is 1. The van der Waals surface area contributed by atoms with Crippen molar-refractivity contribution in [2.24, 2.45) is 0 Å². The average Bonchev–Trinajstić information content (AvgIpc) is 2.58. The van der Waals surface area contributed by atoms with E-state index in [0.717, 1.165) is 6.07 Å². The Morgan fingerprint density at radius 2 is 1.48 bits per heavy atom. The number of halogens is 7. The number of aliphatic hydroxyl groups is 1. The molecule has 2 nitrogen and oxygen atoms in total. The van der Waals surface area contributed by atoms with Crippen LogP contribution in [-0.4, -0.2) is 23.7 Å². The predicted molar refractivity (Wildman–Crippen MR) is 82.6 cm³/mol. The molecule has 0 aliphatic carbocycles. The molecule has 2 rings (SSSR count). The van der Waals surface area contributed by atoms with Gasteiger partial charge in [-0.2, -0.15) is 26.3 Å². The van der Waals surface area contributed by atoms with E-state index in [-0.39, 0.29) is 22.8 Å². The molecule has 0 aromatic heterocycles. The Morgan fingerprint density at radius 3 is 1.93 bits per heavy atom. The second-order valence-corrected chi connectivity index (χ2v) is 5.79. The lowest BCUT2D eigenvalue weighted by molar-refractivity contribution is -0.376. The Morgan fingerprint density at radius 1 is 0.926 bits per heavy atom. The summed E-state index contributed by atoms with van der Waals surface area (Å²) in [6.07, 6.45) is -11.3. The number of carbonyl (C=O) groups is 1. The highest BCUT2D eigenvalue weighted by molar-refractivity contribution is 5.79. The van der Waals surface area contributed by atoms with Crippen LogP contribution in [0.1, 0.15) is 28.4 Å². The third kappa shape index (κ3) is 3.55. The van der Waals surface area contributed by atoms with E-state index < -0.39 is 29.3 Å². The summed E-state index contributed by atoms with van der Waals surface area (Å²) in [5.41, 5.74) is -6.14. The van der Waals surface area contributed by atoms with E-state index in [2.05, 4.69) is 0 Å². The van der Waals surface area contributed by atoms with Crippen molar-refractivity contribution in [1.82, 2.24) is 0 Å². The largest absolute Gasteiger partial charge is 0.430 e. The lowest BCUT2D eigenvalue weighted by Gasteiger charge is -2.32. The lowest BCUT2D eigenvalue weighted by atomic mass is 9.89. The first-order valence-electron chi connectivity index (χ1n) is 7.61. The van der Waals surface area contributed by atoms with Gasteiger partial charge in [-0.15, -0.1) is 0 Å². The molecular formula is C18H13F7O2. The Labute approximate surface area is 149 Å². The normalized spacial score (nSPS) is 12.9. The molecule has 146 valence electrons. The van der Waals surface area contributed by atoms with Crippen LogP contribution in [0.15, 0.2) is 36.4 Å². The summed E-state index contributed by atoms with van der Waals surface area (Å²) < 4.78 is 91.9. The zero-order valence-electron chi connectivity index (χ0n) is 13.7. The molecule has 27 heavy (non-hydrogen) atoms. The molecule has 0 unspecified atom stereocenters. The Hall–Kier alpha value is -2.42. The number of hydrogen-bond acceptors (Lipinski definition) is 2. The minimum Gasteiger partial charge on any atom is -0.369 e. The maximum Gasteiger partial charge on any atom is 0.430 e. The second-order valence-electron chi connectivity index (χ2n) is 5.79. The third-order valence-electron chi connectivity index (χ3n) is 4.14. The topological polar surface area (TPSA) is 37.3 Å². The molecule has 2 aromatic rings. The van der Waals surface area contributed by atoms with Gasteiger partial charge in [0.2, 0.25) is 0 Å². The van der Waals surface area contributed by atoms with Crippen molar-refractivity contribution in [3.8, 4) is 11.1 Å². The molecule has 0 atom stereocenters. The van der Waals surface area contributed by atoms with E-state index in [0.29, 0.717) is 24.3 Å². The van der Waals surface area contributed by atoms with Gasteiger partial charge in [0, 0.05) is 16.7 Å². The summed E-state index contributed by atoms with van der Waals surface area (Å²) >= 11 is 0. The van der Waals surface area contributed by atoms with Crippen LogP contribution in [0.5, 0.6) is 0 Å². The SMILES string of the molecule is CCc1cc(C=O)ccc1-c1ccc(C(O)(C(F)(F)F)C(F)(F)F)cc1F. The molecule has 0 fully saturated rings. The summed E-state index contributed by atoms with van der Waals surface area (Å²) in [5, 5.41) is 9.36. The molecule has 9 heteroatoms. The van der Waals surface area contributed by atoms with Crippen LogP contribution in [-0.2, 0) is 12.0 Å². The number of rotatable bonds is 4. The summed E-state index contributed by atoms with van der Waals surface area (Å²) in [4.78, 5) is 10.8. The van der Waals surface area contributed by atoms with Crippen LogP contribution in [0.2, 0.25) is 0 Å². The molecule has 0 aliphatic rings. The first-order chi connectivity index (χ1) is 12.4. The fourth-order valence-corrected chi connectivity index (χ4v) is 2.69. The minimum atomic E-state index is -6.10. The van der Waals surface area contributed by atoms with Crippen LogP contribution >= 0.6 is 0 Å². The zero-order chi connectivity index (χ0) is 20.6. The number of alkyl halides is 6. The van der Waals surface area contributed by atoms with Crippen LogP contribution in [0, 0.1) is 5.82 Å². The average molecular weight is 394 g/mol. The highest BCUT2D eigenvalue weighted by Crippen LogP contribution is 2.50. The van der Waals surface area contributed by atoms with Gasteiger partial charge in [0.15, 0.2) is 0 Å². The van der Waals surface area contributed by atoms with Crippen LogP contribution < -0.4 is 0 Å². The van der Waals surface area contributed by atoms with Crippen molar-refractivity contribution in [3.63, 3.8) is 0 Å². The molecule has 2 aromatic carbocycles. The van der Waals surface area contributed by atoms with E-state index in [1.54, 1.807) is 6.92 Å². The third-order valence-corrected chi connectivity index (χ3v) is 4.14. The maximum absolute atomic E-state index is 14.4. The van der Waals surface area contributed by atoms with Gasteiger partial charge in [-0.1, -0.05) is 31.2 Å².